The standard InChI is InChI=1S/C29H36N6O2/c1-37-17-5-16-35-27-8-3-2-7-26(27)32-29(35)23-6-4-15-34(20-23)28(36)19-24(30)18-21-9-11-22(12-10-21)25-13-14-31-33-25/h2-3,7-14,23-24H,4-6,15-20,30H2,1H3,(H,31,33)/t23-,24-/m1/s1. The number of amides is 1. The van der Waals surface area contributed by atoms with E-state index in [4.69, 9.17) is 15.5 Å². The Kier molecular flexibility index (Phi) is 7.96. The number of H-pyrrole nitrogens is 1. The lowest BCUT2D eigenvalue weighted by atomic mass is 9.95. The van der Waals surface area contributed by atoms with Crippen LogP contribution in [0, 0.1) is 0 Å². The Hall–Kier alpha value is -3.49. The van der Waals surface area contributed by atoms with Crippen LogP contribution in [0.15, 0.2) is 60.8 Å². The molecule has 0 bridgehead atoms. The van der Waals surface area contributed by atoms with Crippen molar-refractivity contribution in [3.63, 3.8) is 0 Å². The number of imidazole rings is 1. The van der Waals surface area contributed by atoms with Gasteiger partial charge in [0.05, 0.1) is 16.7 Å². The number of carbonyl (C=O) groups excluding carboxylic acids is 1. The molecule has 2 aromatic heterocycles. The monoisotopic (exact) mass is 500 g/mol. The molecule has 0 aliphatic carbocycles. The number of benzene rings is 2. The van der Waals surface area contributed by atoms with Crippen LogP contribution < -0.4 is 5.73 Å². The first kappa shape index (κ1) is 25.2. The predicted octanol–water partition coefficient (Wildman–Crippen LogP) is 4.13. The molecule has 0 radical (unpaired) electrons. The van der Waals surface area contributed by atoms with Gasteiger partial charge in [-0.3, -0.25) is 9.89 Å². The minimum atomic E-state index is -0.218. The fraction of sp³-hybridized carbons (Fsp3) is 0.414. The molecule has 8 nitrogen and oxygen atoms in total. The number of nitrogens with zero attached hydrogens (tertiary/aromatic N) is 4. The molecule has 3 N–H and O–H groups in total. The van der Waals surface area contributed by atoms with E-state index in [0.29, 0.717) is 26.0 Å². The predicted molar refractivity (Wildman–Crippen MR) is 145 cm³/mol. The van der Waals surface area contributed by atoms with Gasteiger partial charge in [0.2, 0.25) is 5.91 Å². The van der Waals surface area contributed by atoms with E-state index in [1.807, 2.05) is 17.0 Å². The zero-order chi connectivity index (χ0) is 25.6. The van der Waals surface area contributed by atoms with Crippen LogP contribution in [0.2, 0.25) is 0 Å². The topological polar surface area (TPSA) is 102 Å². The van der Waals surface area contributed by atoms with Crippen LogP contribution >= 0.6 is 0 Å². The summed E-state index contributed by atoms with van der Waals surface area (Å²) in [5.74, 6) is 1.43. The molecular weight excluding hydrogens is 464 g/mol. The van der Waals surface area contributed by atoms with Gasteiger partial charge in [0.15, 0.2) is 0 Å². The van der Waals surface area contributed by atoms with Gasteiger partial charge >= 0.3 is 0 Å². The molecule has 4 aromatic rings. The van der Waals surface area contributed by atoms with Crippen molar-refractivity contribution in [2.45, 2.75) is 50.6 Å². The van der Waals surface area contributed by atoms with Crippen molar-refractivity contribution in [2.24, 2.45) is 5.73 Å². The van der Waals surface area contributed by atoms with Gasteiger partial charge in [-0.25, -0.2) is 4.98 Å². The van der Waals surface area contributed by atoms with Crippen LogP contribution in [0.4, 0.5) is 0 Å². The van der Waals surface area contributed by atoms with Gasteiger partial charge in [-0.15, -0.1) is 0 Å². The SMILES string of the molecule is COCCCn1c([C@@H]2CCCN(C(=O)C[C@H](N)Cc3ccc(-c4ccn[nH]4)cc3)C2)nc2ccccc21. The molecule has 3 heterocycles. The first-order valence-corrected chi connectivity index (χ1v) is 13.2. The summed E-state index contributed by atoms with van der Waals surface area (Å²) in [6.45, 7) is 3.05. The van der Waals surface area contributed by atoms with Crippen LogP contribution in [0.25, 0.3) is 22.3 Å². The van der Waals surface area contributed by atoms with E-state index in [1.54, 1.807) is 13.3 Å². The number of carbonyl (C=O) groups is 1. The normalized spacial score (nSPS) is 16.8. The number of nitrogens with two attached hydrogens (primary N) is 1. The van der Waals surface area contributed by atoms with Crippen LogP contribution in [-0.4, -0.2) is 63.4 Å². The largest absolute Gasteiger partial charge is 0.385 e. The van der Waals surface area contributed by atoms with Gasteiger partial charge in [0.25, 0.3) is 0 Å². The number of fused-ring (bicyclic) bond motifs is 1. The molecule has 1 aliphatic rings. The van der Waals surface area contributed by atoms with E-state index in [1.165, 1.54) is 0 Å². The van der Waals surface area contributed by atoms with Crippen molar-refractivity contribution >= 4 is 16.9 Å². The van der Waals surface area contributed by atoms with Gasteiger partial charge in [-0.2, -0.15) is 5.10 Å². The zero-order valence-corrected chi connectivity index (χ0v) is 21.5. The van der Waals surface area contributed by atoms with Crippen molar-refractivity contribution < 1.29 is 9.53 Å². The summed E-state index contributed by atoms with van der Waals surface area (Å²) in [5, 5.41) is 6.98. The highest BCUT2D eigenvalue weighted by Crippen LogP contribution is 2.30. The number of para-hydroxylation sites is 2. The maximum atomic E-state index is 13.2. The molecule has 2 atom stereocenters. The second-order valence-corrected chi connectivity index (χ2v) is 9.97. The summed E-state index contributed by atoms with van der Waals surface area (Å²) in [5.41, 5.74) is 11.8. The van der Waals surface area contributed by atoms with E-state index in [-0.39, 0.29) is 17.9 Å². The van der Waals surface area contributed by atoms with Crippen molar-refractivity contribution in [2.75, 3.05) is 26.8 Å². The molecular formula is C29H36N6O2. The van der Waals surface area contributed by atoms with E-state index in [0.717, 1.165) is 66.0 Å². The van der Waals surface area contributed by atoms with Crippen LogP contribution in [0.3, 0.4) is 0 Å². The molecule has 1 saturated heterocycles. The molecule has 1 amide bonds. The number of methoxy groups -OCH3 is 1. The average molecular weight is 501 g/mol. The molecule has 1 fully saturated rings. The average Bonchev–Trinajstić information content (AvgIpc) is 3.58. The van der Waals surface area contributed by atoms with Crippen molar-refractivity contribution in [1.82, 2.24) is 24.6 Å². The quantitative estimate of drug-likeness (QED) is 0.319. The molecule has 37 heavy (non-hydrogen) atoms. The minimum absolute atomic E-state index is 0.133. The van der Waals surface area contributed by atoms with Crippen molar-refractivity contribution in [3.05, 3.63) is 72.2 Å². The smallest absolute Gasteiger partial charge is 0.224 e. The fourth-order valence-corrected chi connectivity index (χ4v) is 5.39. The number of aryl methyl sites for hydroxylation is 1. The minimum Gasteiger partial charge on any atom is -0.385 e. The second-order valence-electron chi connectivity index (χ2n) is 9.97. The summed E-state index contributed by atoms with van der Waals surface area (Å²) >= 11 is 0. The first-order valence-electron chi connectivity index (χ1n) is 13.2. The van der Waals surface area contributed by atoms with Crippen molar-refractivity contribution in [3.8, 4) is 11.3 Å². The third-order valence-corrected chi connectivity index (χ3v) is 7.25. The number of hydrogen-bond donors (Lipinski definition) is 2. The molecule has 194 valence electrons. The number of nitrogens with one attached hydrogen (secondary N) is 1. The molecule has 1 aliphatic heterocycles. The molecule has 0 saturated carbocycles. The maximum absolute atomic E-state index is 13.2. The Balaban J connectivity index is 1.22. The van der Waals surface area contributed by atoms with E-state index in [2.05, 4.69) is 57.2 Å². The second kappa shape index (κ2) is 11.7. The lowest BCUT2D eigenvalue weighted by Crippen LogP contribution is -2.42. The highest BCUT2D eigenvalue weighted by Gasteiger charge is 2.29. The highest BCUT2D eigenvalue weighted by molar-refractivity contribution is 5.78. The number of hydrogen-bond acceptors (Lipinski definition) is 5. The fourth-order valence-electron chi connectivity index (χ4n) is 5.39. The molecule has 2 aromatic carbocycles. The number of aromatic nitrogens is 4. The summed E-state index contributed by atoms with van der Waals surface area (Å²) < 4.78 is 7.61. The third-order valence-electron chi connectivity index (χ3n) is 7.25. The highest BCUT2D eigenvalue weighted by atomic mass is 16.5. The van der Waals surface area contributed by atoms with Crippen LogP contribution in [0.1, 0.15) is 43.0 Å². The Labute approximate surface area is 217 Å². The van der Waals surface area contributed by atoms with Crippen LogP contribution in [0.5, 0.6) is 0 Å². The van der Waals surface area contributed by atoms with Gasteiger partial charge in [0.1, 0.15) is 5.82 Å². The molecule has 0 unspecified atom stereocenters. The molecule has 5 rings (SSSR count). The zero-order valence-electron chi connectivity index (χ0n) is 21.5. The number of ether oxygens (including phenoxy) is 1. The van der Waals surface area contributed by atoms with Crippen molar-refractivity contribution in [1.29, 1.82) is 0 Å². The first-order chi connectivity index (χ1) is 18.1. The van der Waals surface area contributed by atoms with E-state index >= 15 is 0 Å². The summed E-state index contributed by atoms with van der Waals surface area (Å²) in [6, 6.07) is 18.3. The molecule has 8 heteroatoms. The van der Waals surface area contributed by atoms with Gasteiger partial charge in [0, 0.05) is 57.9 Å². The van der Waals surface area contributed by atoms with Gasteiger partial charge in [-0.1, -0.05) is 36.4 Å². The Bertz CT molecular complexity index is 1300. The number of rotatable bonds is 10. The Morgan fingerprint density at radius 1 is 1.19 bits per heavy atom. The summed E-state index contributed by atoms with van der Waals surface area (Å²) in [4.78, 5) is 20.2. The number of likely N-dealkylation sites (tertiary alicyclic amines) is 1. The van der Waals surface area contributed by atoms with Crippen LogP contribution in [-0.2, 0) is 22.5 Å². The maximum Gasteiger partial charge on any atom is 0.224 e. The van der Waals surface area contributed by atoms with Gasteiger partial charge in [-0.05, 0) is 55.0 Å². The lowest BCUT2D eigenvalue weighted by Gasteiger charge is -2.33. The lowest BCUT2D eigenvalue weighted by molar-refractivity contribution is -0.132. The molecule has 0 spiro atoms. The number of piperidine rings is 1. The van der Waals surface area contributed by atoms with E-state index < -0.39 is 0 Å². The Morgan fingerprint density at radius 2 is 2.03 bits per heavy atom. The summed E-state index contributed by atoms with van der Waals surface area (Å²) in [6.07, 6.45) is 5.69. The Morgan fingerprint density at radius 3 is 2.81 bits per heavy atom. The number of aromatic amines is 1. The summed E-state index contributed by atoms with van der Waals surface area (Å²) in [7, 11) is 1.73. The van der Waals surface area contributed by atoms with Gasteiger partial charge < -0.3 is 19.9 Å². The third kappa shape index (κ3) is 5.92. The van der Waals surface area contributed by atoms with E-state index in [9.17, 15) is 4.79 Å².